The van der Waals surface area contributed by atoms with Crippen LogP contribution in [-0.4, -0.2) is 39.6 Å². The van der Waals surface area contributed by atoms with Crippen LogP contribution in [0, 0.1) is 0 Å². The van der Waals surface area contributed by atoms with E-state index in [0.29, 0.717) is 39.6 Å². The van der Waals surface area contributed by atoms with Crippen molar-refractivity contribution in [2.45, 2.75) is 25.0 Å². The van der Waals surface area contributed by atoms with Gasteiger partial charge in [0.05, 0.1) is 39.6 Å². The second-order valence-electron chi connectivity index (χ2n) is 9.45. The molecule has 198 valence electrons. The van der Waals surface area contributed by atoms with E-state index in [1.807, 2.05) is 72.8 Å². The molecule has 0 aliphatic heterocycles. The third-order valence-electron chi connectivity index (χ3n) is 6.91. The van der Waals surface area contributed by atoms with Gasteiger partial charge < -0.3 is 18.9 Å². The minimum Gasteiger partial charge on any atom is -0.377 e. The van der Waals surface area contributed by atoms with Crippen LogP contribution >= 0.6 is 0 Å². The highest BCUT2D eigenvalue weighted by atomic mass is 16.6. The summed E-state index contributed by atoms with van der Waals surface area (Å²) in [6.07, 6.45) is 0. The molecule has 0 spiro atoms. The zero-order valence-electron chi connectivity index (χ0n) is 22.4. The molecule has 0 saturated heterocycles. The molecule has 0 radical (unpaired) electrons. The molecule has 0 N–H and O–H groups in total. The third-order valence-corrected chi connectivity index (χ3v) is 6.91. The predicted octanol–water partition coefficient (Wildman–Crippen LogP) is 6.98. The lowest BCUT2D eigenvalue weighted by molar-refractivity contribution is -0.0573. The number of benzene rings is 4. The van der Waals surface area contributed by atoms with E-state index in [1.165, 1.54) is 0 Å². The lowest BCUT2D eigenvalue weighted by atomic mass is 9.88. The monoisotopic (exact) mass is 510 g/mol. The van der Waals surface area contributed by atoms with Gasteiger partial charge in [0, 0.05) is 0 Å². The first kappa shape index (κ1) is 27.7. The Kier molecular flexibility index (Phi) is 10.2. The van der Waals surface area contributed by atoms with Crippen molar-refractivity contribution >= 4 is 0 Å². The van der Waals surface area contributed by atoms with Crippen molar-refractivity contribution in [3.63, 3.8) is 0 Å². The van der Waals surface area contributed by atoms with Crippen LogP contribution in [0.1, 0.15) is 36.1 Å². The number of ether oxygens (including phenoxy) is 4. The van der Waals surface area contributed by atoms with E-state index in [1.54, 1.807) is 0 Å². The molecule has 38 heavy (non-hydrogen) atoms. The van der Waals surface area contributed by atoms with Crippen LogP contribution in [0.15, 0.2) is 121 Å². The van der Waals surface area contributed by atoms with Crippen molar-refractivity contribution in [3.8, 4) is 0 Å². The van der Waals surface area contributed by atoms with Gasteiger partial charge in [-0.05, 0) is 36.1 Å². The van der Waals surface area contributed by atoms with Crippen molar-refractivity contribution < 1.29 is 18.9 Å². The summed E-state index contributed by atoms with van der Waals surface area (Å²) in [5.74, 6) is 0. The van der Waals surface area contributed by atoms with Crippen LogP contribution in [-0.2, 0) is 30.1 Å². The quantitative estimate of drug-likeness (QED) is 0.162. The summed E-state index contributed by atoms with van der Waals surface area (Å²) >= 11 is 0. The van der Waals surface area contributed by atoms with Gasteiger partial charge in [0.2, 0.25) is 0 Å². The van der Waals surface area contributed by atoms with Crippen molar-refractivity contribution in [3.05, 3.63) is 144 Å². The van der Waals surface area contributed by atoms with E-state index in [9.17, 15) is 0 Å². The van der Waals surface area contributed by atoms with Crippen LogP contribution < -0.4 is 0 Å². The minimum atomic E-state index is -0.538. The first-order valence-corrected chi connectivity index (χ1v) is 13.3. The van der Waals surface area contributed by atoms with Gasteiger partial charge in [-0.15, -0.1) is 0 Å². The van der Waals surface area contributed by atoms with E-state index in [2.05, 4.69) is 62.4 Å². The van der Waals surface area contributed by atoms with Gasteiger partial charge in [0.15, 0.2) is 0 Å². The smallest absolute Gasteiger partial charge is 0.115 e. The van der Waals surface area contributed by atoms with E-state index >= 15 is 0 Å². The Morgan fingerprint density at radius 2 is 0.605 bits per heavy atom. The lowest BCUT2D eigenvalue weighted by Crippen LogP contribution is -2.29. The molecular formula is C34H38O4. The highest BCUT2D eigenvalue weighted by Gasteiger charge is 2.30. The van der Waals surface area contributed by atoms with E-state index in [0.717, 1.165) is 22.3 Å². The van der Waals surface area contributed by atoms with E-state index < -0.39 is 11.2 Å². The maximum absolute atomic E-state index is 6.38. The number of rotatable bonds is 15. The molecular weight excluding hydrogens is 472 g/mol. The summed E-state index contributed by atoms with van der Waals surface area (Å²) in [5.41, 5.74) is 3.40. The maximum atomic E-state index is 6.38. The summed E-state index contributed by atoms with van der Waals surface area (Å²) in [6.45, 7) is 7.19. The van der Waals surface area contributed by atoms with Crippen molar-refractivity contribution in [2.75, 3.05) is 39.6 Å². The normalized spacial score (nSPS) is 11.9. The third kappa shape index (κ3) is 7.18. The molecule has 0 bridgehead atoms. The molecule has 4 aromatic carbocycles. The Hall–Kier alpha value is -3.28. The molecule has 0 heterocycles. The molecule has 0 atom stereocenters. The standard InChI is InChI=1S/C34H38O4/c1-33(29-15-7-3-8-16-29,30-17-9-4-10-18-30)37-27-25-35-23-24-36-26-28-38-34(2,31-19-11-5-12-20-31)32-21-13-6-14-22-32/h3-22H,23-28H2,1-2H3. The molecule has 0 unspecified atom stereocenters. The molecule has 0 aliphatic rings. The Morgan fingerprint density at radius 3 is 0.868 bits per heavy atom. The van der Waals surface area contributed by atoms with Crippen molar-refractivity contribution in [1.29, 1.82) is 0 Å². The Morgan fingerprint density at radius 1 is 0.368 bits per heavy atom. The minimum absolute atomic E-state index is 0.482. The van der Waals surface area contributed by atoms with Crippen LogP contribution in [0.4, 0.5) is 0 Å². The van der Waals surface area contributed by atoms with E-state index in [-0.39, 0.29) is 0 Å². The molecule has 0 aliphatic carbocycles. The lowest BCUT2D eigenvalue weighted by Gasteiger charge is -2.31. The summed E-state index contributed by atoms with van der Waals surface area (Å²) in [7, 11) is 0. The fourth-order valence-electron chi connectivity index (χ4n) is 4.62. The zero-order valence-corrected chi connectivity index (χ0v) is 22.4. The highest BCUT2D eigenvalue weighted by molar-refractivity contribution is 5.36. The van der Waals surface area contributed by atoms with Gasteiger partial charge >= 0.3 is 0 Å². The Labute approximate surface area is 227 Å². The molecule has 4 heteroatoms. The second-order valence-corrected chi connectivity index (χ2v) is 9.45. The molecule has 0 amide bonds. The van der Waals surface area contributed by atoms with Crippen LogP contribution in [0.5, 0.6) is 0 Å². The second kappa shape index (κ2) is 14.0. The number of hydrogen-bond acceptors (Lipinski definition) is 4. The van der Waals surface area contributed by atoms with Gasteiger partial charge in [-0.2, -0.15) is 0 Å². The van der Waals surface area contributed by atoms with Crippen molar-refractivity contribution in [2.24, 2.45) is 0 Å². The average molecular weight is 511 g/mol. The maximum Gasteiger partial charge on any atom is 0.115 e. The fraction of sp³-hybridized carbons (Fsp3) is 0.294. The van der Waals surface area contributed by atoms with Crippen molar-refractivity contribution in [1.82, 2.24) is 0 Å². The van der Waals surface area contributed by atoms with Gasteiger partial charge in [-0.1, -0.05) is 121 Å². The summed E-state index contributed by atoms with van der Waals surface area (Å²) in [4.78, 5) is 0. The van der Waals surface area contributed by atoms with Gasteiger partial charge in [0.25, 0.3) is 0 Å². The summed E-state index contributed by atoms with van der Waals surface area (Å²) in [6, 6.07) is 41.2. The Bertz CT molecular complexity index is 1000. The first-order valence-electron chi connectivity index (χ1n) is 13.3. The molecule has 4 rings (SSSR count). The first-order chi connectivity index (χ1) is 18.6. The summed E-state index contributed by atoms with van der Waals surface area (Å²) < 4.78 is 24.4. The van der Waals surface area contributed by atoms with Gasteiger partial charge in [-0.25, -0.2) is 0 Å². The molecule has 0 aromatic heterocycles. The van der Waals surface area contributed by atoms with Crippen LogP contribution in [0.3, 0.4) is 0 Å². The van der Waals surface area contributed by atoms with E-state index in [4.69, 9.17) is 18.9 Å². The predicted molar refractivity (Wildman–Crippen MR) is 152 cm³/mol. The SMILES string of the molecule is CC(OCCOCCOCCOC(C)(c1ccccc1)c1ccccc1)(c1ccccc1)c1ccccc1. The summed E-state index contributed by atoms with van der Waals surface area (Å²) in [5, 5.41) is 0. The topological polar surface area (TPSA) is 36.9 Å². The Balaban J connectivity index is 1.18. The van der Waals surface area contributed by atoms with Gasteiger partial charge in [-0.3, -0.25) is 0 Å². The average Bonchev–Trinajstić information content (AvgIpc) is 2.99. The molecule has 0 saturated carbocycles. The molecule has 0 fully saturated rings. The molecule has 4 aromatic rings. The zero-order chi connectivity index (χ0) is 26.5. The number of hydrogen-bond donors (Lipinski definition) is 0. The largest absolute Gasteiger partial charge is 0.377 e. The highest BCUT2D eigenvalue weighted by Crippen LogP contribution is 2.34. The molecule has 4 nitrogen and oxygen atoms in total. The van der Waals surface area contributed by atoms with Crippen LogP contribution in [0.25, 0.3) is 0 Å². The van der Waals surface area contributed by atoms with Crippen LogP contribution in [0.2, 0.25) is 0 Å². The fourth-order valence-corrected chi connectivity index (χ4v) is 4.62. The van der Waals surface area contributed by atoms with Gasteiger partial charge in [0.1, 0.15) is 11.2 Å².